The van der Waals surface area contributed by atoms with E-state index < -0.39 is 26.1 Å². The van der Waals surface area contributed by atoms with Crippen LogP contribution in [0, 0.1) is 5.92 Å². The van der Waals surface area contributed by atoms with Crippen LogP contribution in [0.5, 0.6) is 0 Å². The summed E-state index contributed by atoms with van der Waals surface area (Å²) >= 11 is 0. The van der Waals surface area contributed by atoms with Crippen molar-refractivity contribution in [3.05, 3.63) is 102 Å². The fourth-order valence-corrected chi connectivity index (χ4v) is 10.4. The minimum Gasteiger partial charge on any atom is -0.447 e. The Kier molecular flexibility index (Phi) is 7.99. The molecule has 2 amide bonds. The fourth-order valence-electron chi connectivity index (χ4n) is 7.79. The Labute approximate surface area is 274 Å². The molecule has 2 saturated heterocycles. The second-order valence-electron chi connectivity index (χ2n) is 13.1. The second-order valence-corrected chi connectivity index (χ2v) is 17.1. The van der Waals surface area contributed by atoms with Crippen LogP contribution in [0.3, 0.4) is 0 Å². The molecule has 2 fully saturated rings. The molecule has 7 rings (SSSR count). The van der Waals surface area contributed by atoms with Crippen molar-refractivity contribution in [3.63, 3.8) is 0 Å². The number of carbonyl (C=O) groups is 2. The summed E-state index contributed by atoms with van der Waals surface area (Å²) in [7, 11) is -2.91. The number of nitrogens with zero attached hydrogens (tertiary/aromatic N) is 5. The van der Waals surface area contributed by atoms with Crippen molar-refractivity contribution < 1.29 is 29.0 Å². The summed E-state index contributed by atoms with van der Waals surface area (Å²) in [6, 6.07) is 24.8. The summed E-state index contributed by atoms with van der Waals surface area (Å²) in [4.78, 5) is 42.3. The van der Waals surface area contributed by atoms with Gasteiger partial charge in [-0.25, -0.2) is 4.79 Å². The Hall–Kier alpha value is -4.36. The lowest BCUT2D eigenvalue weighted by Gasteiger charge is -2.32. The summed E-state index contributed by atoms with van der Waals surface area (Å²) in [5.74, 6) is -0.885. The van der Waals surface area contributed by atoms with Crippen LogP contribution in [0.2, 0.25) is 18.6 Å². The number of para-hydroxylation sites is 1. The molecular formula is C35H39N5O6Si. The SMILES string of the molecule is C[C@@H]1[C@@H]([Si](C)(C)O)[C@H](CCn2cc(C(CO)c3ccccc3)nn2)O[C@@]12C(=O)N(c1ccccc1)c1ccc(N3CCOC3=O)cc12. The van der Waals surface area contributed by atoms with Gasteiger partial charge < -0.3 is 19.4 Å². The molecule has 47 heavy (non-hydrogen) atoms. The Morgan fingerprint density at radius 2 is 1.74 bits per heavy atom. The number of amides is 2. The zero-order valence-corrected chi connectivity index (χ0v) is 27.7. The van der Waals surface area contributed by atoms with Crippen molar-refractivity contribution in [2.75, 3.05) is 29.6 Å². The highest BCUT2D eigenvalue weighted by Crippen LogP contribution is 2.61. The number of aliphatic hydroxyl groups is 1. The number of cyclic esters (lactones) is 1. The average Bonchev–Trinajstić information content (AvgIpc) is 3.83. The van der Waals surface area contributed by atoms with Crippen LogP contribution in [0.25, 0.3) is 0 Å². The fraction of sp³-hybridized carbons (Fsp3) is 0.371. The third-order valence-electron chi connectivity index (χ3n) is 9.90. The highest BCUT2D eigenvalue weighted by molar-refractivity contribution is 6.71. The number of aliphatic hydroxyl groups excluding tert-OH is 1. The van der Waals surface area contributed by atoms with Crippen LogP contribution in [-0.2, 0) is 26.4 Å². The van der Waals surface area contributed by atoms with E-state index in [4.69, 9.17) is 9.47 Å². The first-order valence-corrected chi connectivity index (χ1v) is 19.1. The van der Waals surface area contributed by atoms with E-state index in [1.165, 1.54) is 0 Å². The molecule has 0 aliphatic carbocycles. The predicted molar refractivity (Wildman–Crippen MR) is 178 cm³/mol. The number of anilines is 3. The number of ether oxygens (including phenoxy) is 2. The summed E-state index contributed by atoms with van der Waals surface area (Å²) in [6.45, 7) is 6.85. The van der Waals surface area contributed by atoms with E-state index in [0.29, 0.717) is 54.4 Å². The summed E-state index contributed by atoms with van der Waals surface area (Å²) < 4.78 is 14.0. The van der Waals surface area contributed by atoms with Gasteiger partial charge in [0.05, 0.1) is 36.6 Å². The van der Waals surface area contributed by atoms with Gasteiger partial charge in [-0.2, -0.15) is 0 Å². The number of carbonyl (C=O) groups excluding carboxylic acids is 2. The van der Waals surface area contributed by atoms with Crippen LogP contribution in [0.1, 0.15) is 36.1 Å². The molecule has 0 radical (unpaired) electrons. The van der Waals surface area contributed by atoms with Crippen molar-refractivity contribution in [2.45, 2.75) is 56.1 Å². The number of aromatic nitrogens is 3. The van der Waals surface area contributed by atoms with Gasteiger partial charge in [-0.15, -0.1) is 5.10 Å². The van der Waals surface area contributed by atoms with Gasteiger partial charge in [0.1, 0.15) is 6.61 Å². The van der Waals surface area contributed by atoms with Gasteiger partial charge in [-0.1, -0.05) is 60.7 Å². The third-order valence-corrected chi connectivity index (χ3v) is 12.4. The largest absolute Gasteiger partial charge is 0.447 e. The Balaban J connectivity index is 1.24. The molecule has 1 unspecified atom stereocenters. The van der Waals surface area contributed by atoms with Gasteiger partial charge in [0, 0.05) is 41.1 Å². The lowest BCUT2D eigenvalue weighted by Crippen LogP contribution is -2.45. The van der Waals surface area contributed by atoms with Crippen molar-refractivity contribution in [2.24, 2.45) is 5.92 Å². The highest BCUT2D eigenvalue weighted by atomic mass is 28.4. The van der Waals surface area contributed by atoms with Gasteiger partial charge >= 0.3 is 6.09 Å². The van der Waals surface area contributed by atoms with Crippen LogP contribution in [0.4, 0.5) is 21.9 Å². The van der Waals surface area contributed by atoms with Crippen LogP contribution >= 0.6 is 0 Å². The lowest BCUT2D eigenvalue weighted by molar-refractivity contribution is -0.145. The van der Waals surface area contributed by atoms with E-state index in [-0.39, 0.29) is 29.9 Å². The maximum Gasteiger partial charge on any atom is 0.414 e. The molecule has 2 N–H and O–H groups in total. The normalized spacial score (nSPS) is 24.7. The van der Waals surface area contributed by atoms with E-state index in [1.807, 2.05) is 105 Å². The van der Waals surface area contributed by atoms with Crippen LogP contribution < -0.4 is 9.80 Å². The monoisotopic (exact) mass is 653 g/mol. The maximum atomic E-state index is 14.8. The lowest BCUT2D eigenvalue weighted by atomic mass is 9.82. The van der Waals surface area contributed by atoms with Gasteiger partial charge in [0.15, 0.2) is 13.9 Å². The Bertz CT molecular complexity index is 1780. The minimum atomic E-state index is -2.91. The molecule has 1 spiro atoms. The molecule has 244 valence electrons. The molecule has 1 aromatic heterocycles. The molecule has 3 aliphatic heterocycles. The molecule has 5 atom stereocenters. The molecule has 4 aromatic rings. The highest BCUT2D eigenvalue weighted by Gasteiger charge is 2.66. The quantitative estimate of drug-likeness (QED) is 0.244. The number of hydrogen-bond donors (Lipinski definition) is 2. The van der Waals surface area contributed by atoms with Gasteiger partial charge in [-0.3, -0.25) is 19.3 Å². The van der Waals surface area contributed by atoms with E-state index in [0.717, 1.165) is 5.56 Å². The molecular weight excluding hydrogens is 615 g/mol. The van der Waals surface area contributed by atoms with Crippen LogP contribution in [-0.4, -0.2) is 71.1 Å². The molecule has 11 nitrogen and oxygen atoms in total. The molecule has 0 bridgehead atoms. The number of fused-ring (bicyclic) bond motifs is 2. The molecule has 12 heteroatoms. The summed E-state index contributed by atoms with van der Waals surface area (Å²) in [5.41, 5.74) is 2.67. The molecule has 3 aromatic carbocycles. The Morgan fingerprint density at radius 3 is 2.40 bits per heavy atom. The maximum absolute atomic E-state index is 14.8. The van der Waals surface area contributed by atoms with Crippen molar-refractivity contribution in [1.29, 1.82) is 0 Å². The standard InChI is InChI=1S/C35H39N5O6Si/c1-23-32(47(2,3)44)31(16-17-38-21-29(36-37-38)27(22-41)24-10-6-4-7-11-24)46-35(23)28-20-26(39-18-19-45-34(39)43)14-15-30(28)40(33(35)42)25-12-8-5-9-13-25/h4-15,20-21,23,27,31-32,41,44H,16-19,22H2,1-3H3/t23-,27?,31+,32-,35+/m1/s1. The van der Waals surface area contributed by atoms with Crippen molar-refractivity contribution in [1.82, 2.24) is 15.0 Å². The van der Waals surface area contributed by atoms with Gasteiger partial charge in [-0.05, 0) is 55.4 Å². The first-order chi connectivity index (χ1) is 22.6. The summed E-state index contributed by atoms with van der Waals surface area (Å²) in [5, 5.41) is 18.9. The Morgan fingerprint density at radius 1 is 1.02 bits per heavy atom. The number of hydrogen-bond acceptors (Lipinski definition) is 8. The number of benzene rings is 3. The van der Waals surface area contributed by atoms with Crippen molar-refractivity contribution in [3.8, 4) is 0 Å². The predicted octanol–water partition coefficient (Wildman–Crippen LogP) is 4.93. The zero-order valence-electron chi connectivity index (χ0n) is 26.7. The molecule has 0 saturated carbocycles. The smallest absolute Gasteiger partial charge is 0.414 e. The van der Waals surface area contributed by atoms with E-state index in [9.17, 15) is 19.5 Å². The van der Waals surface area contributed by atoms with Crippen LogP contribution in [0.15, 0.2) is 85.1 Å². The first-order valence-electron chi connectivity index (χ1n) is 16.1. The first kappa shape index (κ1) is 31.2. The molecule has 4 heterocycles. The molecule has 3 aliphatic rings. The average molecular weight is 654 g/mol. The topological polar surface area (TPSA) is 130 Å². The number of aryl methyl sites for hydroxylation is 1. The zero-order chi connectivity index (χ0) is 32.9. The van der Waals surface area contributed by atoms with Gasteiger partial charge in [0.25, 0.3) is 5.91 Å². The minimum absolute atomic E-state index is 0.0998. The van der Waals surface area contributed by atoms with E-state index in [2.05, 4.69) is 10.3 Å². The van der Waals surface area contributed by atoms with E-state index in [1.54, 1.807) is 14.5 Å². The number of rotatable bonds is 9. The third kappa shape index (κ3) is 5.25. The second kappa shape index (κ2) is 12.0. The van der Waals surface area contributed by atoms with E-state index >= 15 is 0 Å². The van der Waals surface area contributed by atoms with Crippen molar-refractivity contribution >= 4 is 37.4 Å². The van der Waals surface area contributed by atoms with Gasteiger partial charge in [0.2, 0.25) is 0 Å². The summed E-state index contributed by atoms with van der Waals surface area (Å²) in [6.07, 6.45) is 1.44.